The number of rotatable bonds is 5. The number of amides is 1. The fourth-order valence-corrected chi connectivity index (χ4v) is 2.45. The standard InChI is InChI=1S/C19H19ClN2O/c1-14-4-9-18(12-15(14)2)22(11-3-10-21)19(23)13-16-5-7-17(20)8-6-16/h4-9,12H,3,11,13H2,1-2H3. The van der Waals surface area contributed by atoms with E-state index >= 15 is 0 Å². The van der Waals surface area contributed by atoms with Gasteiger partial charge < -0.3 is 4.90 Å². The van der Waals surface area contributed by atoms with Gasteiger partial charge in [0.05, 0.1) is 18.9 Å². The Kier molecular flexibility index (Phi) is 5.78. The number of nitrogens with zero attached hydrogens (tertiary/aromatic N) is 2. The van der Waals surface area contributed by atoms with Gasteiger partial charge in [-0.25, -0.2) is 0 Å². The van der Waals surface area contributed by atoms with E-state index in [0.29, 0.717) is 18.0 Å². The molecule has 0 bridgehead atoms. The first-order valence-electron chi connectivity index (χ1n) is 7.50. The Labute approximate surface area is 142 Å². The molecule has 2 aromatic carbocycles. The quantitative estimate of drug-likeness (QED) is 0.815. The van der Waals surface area contributed by atoms with E-state index in [1.165, 1.54) is 5.56 Å². The predicted octanol–water partition coefficient (Wildman–Crippen LogP) is 4.45. The second-order valence-corrected chi connectivity index (χ2v) is 5.96. The zero-order valence-corrected chi connectivity index (χ0v) is 14.1. The molecule has 0 N–H and O–H groups in total. The van der Waals surface area contributed by atoms with Gasteiger partial charge in [0.15, 0.2) is 0 Å². The molecule has 0 spiro atoms. The summed E-state index contributed by atoms with van der Waals surface area (Å²) in [4.78, 5) is 14.4. The summed E-state index contributed by atoms with van der Waals surface area (Å²) in [5, 5.41) is 9.51. The molecular formula is C19H19ClN2O. The highest BCUT2D eigenvalue weighted by atomic mass is 35.5. The zero-order chi connectivity index (χ0) is 16.8. The first-order chi connectivity index (χ1) is 11.0. The predicted molar refractivity (Wildman–Crippen MR) is 93.7 cm³/mol. The molecular weight excluding hydrogens is 308 g/mol. The second kappa shape index (κ2) is 7.80. The molecule has 0 aliphatic rings. The summed E-state index contributed by atoms with van der Waals surface area (Å²) >= 11 is 5.88. The SMILES string of the molecule is Cc1ccc(N(CCC#N)C(=O)Cc2ccc(Cl)cc2)cc1C. The lowest BCUT2D eigenvalue weighted by atomic mass is 10.1. The number of hydrogen-bond donors (Lipinski definition) is 0. The molecule has 3 nitrogen and oxygen atoms in total. The van der Waals surface area contributed by atoms with Crippen LogP contribution in [0, 0.1) is 25.2 Å². The number of carbonyl (C=O) groups is 1. The van der Waals surface area contributed by atoms with Gasteiger partial charge in [0.2, 0.25) is 5.91 Å². The summed E-state index contributed by atoms with van der Waals surface area (Å²) in [6.07, 6.45) is 0.592. The lowest BCUT2D eigenvalue weighted by Gasteiger charge is -2.23. The molecule has 118 valence electrons. The van der Waals surface area contributed by atoms with Gasteiger partial charge >= 0.3 is 0 Å². The van der Waals surface area contributed by atoms with Crippen LogP contribution in [0.5, 0.6) is 0 Å². The summed E-state index contributed by atoms with van der Waals surface area (Å²) in [6.45, 7) is 4.45. The van der Waals surface area contributed by atoms with Crippen LogP contribution < -0.4 is 4.90 Å². The monoisotopic (exact) mass is 326 g/mol. The van der Waals surface area contributed by atoms with Gasteiger partial charge in [-0.1, -0.05) is 29.8 Å². The Balaban J connectivity index is 2.22. The van der Waals surface area contributed by atoms with Gasteiger partial charge in [0, 0.05) is 17.3 Å². The maximum Gasteiger partial charge on any atom is 0.231 e. The third-order valence-electron chi connectivity index (χ3n) is 3.82. The third kappa shape index (κ3) is 4.58. The number of aryl methyl sites for hydroxylation is 2. The van der Waals surface area contributed by atoms with Crippen LogP contribution in [0.1, 0.15) is 23.1 Å². The number of benzene rings is 2. The van der Waals surface area contributed by atoms with Crippen LogP contribution >= 0.6 is 11.6 Å². The van der Waals surface area contributed by atoms with E-state index < -0.39 is 0 Å². The highest BCUT2D eigenvalue weighted by Crippen LogP contribution is 2.20. The molecule has 0 radical (unpaired) electrons. The molecule has 0 heterocycles. The van der Waals surface area contributed by atoms with Crippen molar-refractivity contribution in [2.24, 2.45) is 0 Å². The fourth-order valence-electron chi connectivity index (χ4n) is 2.33. The lowest BCUT2D eigenvalue weighted by molar-refractivity contribution is -0.118. The zero-order valence-electron chi connectivity index (χ0n) is 13.3. The molecule has 0 saturated carbocycles. The normalized spacial score (nSPS) is 10.2. The summed E-state index contributed by atoms with van der Waals surface area (Å²) < 4.78 is 0. The maximum atomic E-state index is 12.7. The Morgan fingerprint density at radius 2 is 1.83 bits per heavy atom. The van der Waals surface area contributed by atoms with Gasteiger partial charge in [0.1, 0.15) is 0 Å². The van der Waals surface area contributed by atoms with Crippen molar-refractivity contribution in [1.82, 2.24) is 0 Å². The third-order valence-corrected chi connectivity index (χ3v) is 4.07. The summed E-state index contributed by atoms with van der Waals surface area (Å²) in [5.74, 6) is -0.0224. The molecule has 0 fully saturated rings. The number of carbonyl (C=O) groups excluding carboxylic acids is 1. The molecule has 0 saturated heterocycles. The van der Waals surface area contributed by atoms with Crippen molar-refractivity contribution in [2.45, 2.75) is 26.7 Å². The van der Waals surface area contributed by atoms with Crippen molar-refractivity contribution in [2.75, 3.05) is 11.4 Å². The van der Waals surface area contributed by atoms with Crippen molar-refractivity contribution in [3.63, 3.8) is 0 Å². The molecule has 0 aliphatic carbocycles. The first-order valence-corrected chi connectivity index (χ1v) is 7.88. The van der Waals surface area contributed by atoms with Crippen molar-refractivity contribution in [3.05, 3.63) is 64.2 Å². The summed E-state index contributed by atoms with van der Waals surface area (Å²) in [7, 11) is 0. The van der Waals surface area contributed by atoms with E-state index in [2.05, 4.69) is 6.07 Å². The molecule has 2 aromatic rings. The second-order valence-electron chi connectivity index (χ2n) is 5.53. The average molecular weight is 327 g/mol. The van der Waals surface area contributed by atoms with Crippen LogP contribution in [0.25, 0.3) is 0 Å². The van der Waals surface area contributed by atoms with E-state index in [9.17, 15) is 4.79 Å². The Morgan fingerprint density at radius 3 is 2.43 bits per heavy atom. The Hall–Kier alpha value is -2.31. The molecule has 1 amide bonds. The van der Waals surface area contributed by atoms with Crippen molar-refractivity contribution < 1.29 is 4.79 Å². The van der Waals surface area contributed by atoms with E-state index in [-0.39, 0.29) is 12.3 Å². The van der Waals surface area contributed by atoms with Gasteiger partial charge in [0.25, 0.3) is 0 Å². The number of halogens is 1. The van der Waals surface area contributed by atoms with Crippen LogP contribution in [-0.2, 0) is 11.2 Å². The topological polar surface area (TPSA) is 44.1 Å². The van der Waals surface area contributed by atoms with Gasteiger partial charge in [-0.05, 0) is 54.8 Å². The van der Waals surface area contributed by atoms with Crippen molar-refractivity contribution in [3.8, 4) is 6.07 Å². The Bertz CT molecular complexity index is 732. The number of nitriles is 1. The summed E-state index contributed by atoms with van der Waals surface area (Å²) in [6, 6.07) is 15.3. The van der Waals surface area contributed by atoms with E-state index in [1.807, 2.05) is 44.2 Å². The molecule has 0 atom stereocenters. The van der Waals surface area contributed by atoms with Crippen LogP contribution in [0.2, 0.25) is 5.02 Å². The van der Waals surface area contributed by atoms with E-state index in [0.717, 1.165) is 16.8 Å². The van der Waals surface area contributed by atoms with Gasteiger partial charge in [-0.2, -0.15) is 5.26 Å². The average Bonchev–Trinajstić information content (AvgIpc) is 2.53. The van der Waals surface area contributed by atoms with Gasteiger partial charge in [-0.15, -0.1) is 0 Å². The fraction of sp³-hybridized carbons (Fsp3) is 0.263. The smallest absolute Gasteiger partial charge is 0.231 e. The highest BCUT2D eigenvalue weighted by Gasteiger charge is 2.16. The molecule has 23 heavy (non-hydrogen) atoms. The first kappa shape index (κ1) is 17.1. The van der Waals surface area contributed by atoms with E-state index in [4.69, 9.17) is 16.9 Å². The van der Waals surface area contributed by atoms with Crippen LogP contribution in [0.3, 0.4) is 0 Å². The molecule has 0 unspecified atom stereocenters. The van der Waals surface area contributed by atoms with E-state index in [1.54, 1.807) is 17.0 Å². The van der Waals surface area contributed by atoms with Crippen LogP contribution in [0.4, 0.5) is 5.69 Å². The maximum absolute atomic E-state index is 12.7. The number of hydrogen-bond acceptors (Lipinski definition) is 2. The minimum atomic E-state index is -0.0224. The minimum absolute atomic E-state index is 0.0224. The summed E-state index contributed by atoms with van der Waals surface area (Å²) in [5.41, 5.74) is 4.05. The van der Waals surface area contributed by atoms with Crippen molar-refractivity contribution in [1.29, 1.82) is 5.26 Å². The Morgan fingerprint density at radius 1 is 1.13 bits per heavy atom. The largest absolute Gasteiger partial charge is 0.311 e. The molecule has 4 heteroatoms. The van der Waals surface area contributed by atoms with Crippen LogP contribution in [0.15, 0.2) is 42.5 Å². The minimum Gasteiger partial charge on any atom is -0.311 e. The van der Waals surface area contributed by atoms with Crippen LogP contribution in [-0.4, -0.2) is 12.5 Å². The number of anilines is 1. The molecule has 0 aromatic heterocycles. The van der Waals surface area contributed by atoms with Gasteiger partial charge in [-0.3, -0.25) is 4.79 Å². The highest BCUT2D eigenvalue weighted by molar-refractivity contribution is 6.30. The molecule has 2 rings (SSSR count). The molecule has 0 aliphatic heterocycles. The lowest BCUT2D eigenvalue weighted by Crippen LogP contribution is -2.33. The van der Waals surface area contributed by atoms with Crippen molar-refractivity contribution >= 4 is 23.2 Å².